The van der Waals surface area contributed by atoms with Gasteiger partial charge in [-0.25, -0.2) is 4.79 Å². The fourth-order valence-electron chi connectivity index (χ4n) is 1.02. The van der Waals surface area contributed by atoms with Crippen LogP contribution in [0.2, 0.25) is 0 Å². The largest absolute Gasteiger partial charge is 0.463 e. The van der Waals surface area contributed by atoms with E-state index in [9.17, 15) is 14.4 Å². The van der Waals surface area contributed by atoms with Crippen molar-refractivity contribution in [3.05, 3.63) is 20.3 Å². The SMILES string of the molecule is COC(=O)C(=O)CC(=O)c1cc(Br)c(C)s1. The first kappa shape index (κ1) is 13.1. The van der Waals surface area contributed by atoms with Crippen LogP contribution in [-0.2, 0) is 14.3 Å². The molecular formula is C10H9BrO4S. The van der Waals surface area contributed by atoms with Gasteiger partial charge < -0.3 is 4.74 Å². The van der Waals surface area contributed by atoms with Gasteiger partial charge in [-0.3, -0.25) is 9.59 Å². The van der Waals surface area contributed by atoms with E-state index in [1.54, 1.807) is 6.07 Å². The van der Waals surface area contributed by atoms with E-state index < -0.39 is 18.2 Å². The van der Waals surface area contributed by atoms with Crippen molar-refractivity contribution in [1.82, 2.24) is 0 Å². The van der Waals surface area contributed by atoms with Gasteiger partial charge in [0, 0.05) is 9.35 Å². The van der Waals surface area contributed by atoms with Gasteiger partial charge in [-0.05, 0) is 28.9 Å². The van der Waals surface area contributed by atoms with Crippen LogP contribution in [0.25, 0.3) is 0 Å². The molecule has 0 aliphatic rings. The summed E-state index contributed by atoms with van der Waals surface area (Å²) < 4.78 is 5.06. The standard InChI is InChI=1S/C10H9BrO4S/c1-5-6(11)3-9(16-5)7(12)4-8(13)10(14)15-2/h3H,4H2,1-2H3. The number of ether oxygens (including phenoxy) is 1. The average molecular weight is 305 g/mol. The number of halogens is 1. The Bertz CT molecular complexity index is 430. The van der Waals surface area contributed by atoms with Gasteiger partial charge in [0.15, 0.2) is 5.78 Å². The van der Waals surface area contributed by atoms with E-state index in [1.807, 2.05) is 6.92 Å². The lowest BCUT2D eigenvalue weighted by atomic mass is 10.2. The molecule has 16 heavy (non-hydrogen) atoms. The lowest BCUT2D eigenvalue weighted by Crippen LogP contribution is -2.18. The predicted molar refractivity (Wildman–Crippen MR) is 62.7 cm³/mol. The fourth-order valence-corrected chi connectivity index (χ4v) is 2.49. The van der Waals surface area contributed by atoms with E-state index in [4.69, 9.17) is 0 Å². The Balaban J connectivity index is 2.73. The zero-order valence-corrected chi connectivity index (χ0v) is 11.1. The highest BCUT2D eigenvalue weighted by atomic mass is 79.9. The van der Waals surface area contributed by atoms with Gasteiger partial charge >= 0.3 is 5.97 Å². The van der Waals surface area contributed by atoms with Gasteiger partial charge in [0.2, 0.25) is 5.78 Å². The predicted octanol–water partition coefficient (Wildman–Crippen LogP) is 2.13. The van der Waals surface area contributed by atoms with Crippen LogP contribution in [0.4, 0.5) is 0 Å². The minimum Gasteiger partial charge on any atom is -0.463 e. The molecule has 0 radical (unpaired) electrons. The Kier molecular flexibility index (Phi) is 4.37. The zero-order valence-electron chi connectivity index (χ0n) is 8.70. The first-order valence-corrected chi connectivity index (χ1v) is 5.97. The van der Waals surface area contributed by atoms with Crippen molar-refractivity contribution in [2.75, 3.05) is 7.11 Å². The van der Waals surface area contributed by atoms with Crippen molar-refractivity contribution in [2.45, 2.75) is 13.3 Å². The summed E-state index contributed by atoms with van der Waals surface area (Å²) in [6, 6.07) is 1.65. The number of carbonyl (C=O) groups is 3. The molecule has 1 rings (SSSR count). The van der Waals surface area contributed by atoms with E-state index in [2.05, 4.69) is 20.7 Å². The van der Waals surface area contributed by atoms with Gasteiger partial charge in [0.1, 0.15) is 0 Å². The smallest absolute Gasteiger partial charge is 0.374 e. The van der Waals surface area contributed by atoms with Gasteiger partial charge in [-0.2, -0.15) is 0 Å². The Morgan fingerprint density at radius 1 is 1.44 bits per heavy atom. The van der Waals surface area contributed by atoms with Gasteiger partial charge in [-0.1, -0.05) is 0 Å². The number of esters is 1. The number of aryl methyl sites for hydroxylation is 1. The minimum absolute atomic E-state index is 0.366. The third-order valence-corrected chi connectivity index (χ3v) is 4.04. The maximum Gasteiger partial charge on any atom is 0.374 e. The quantitative estimate of drug-likeness (QED) is 0.370. The van der Waals surface area contributed by atoms with Crippen LogP contribution < -0.4 is 0 Å². The molecule has 0 aliphatic heterocycles. The fraction of sp³-hybridized carbons (Fsp3) is 0.300. The van der Waals surface area contributed by atoms with Crippen molar-refractivity contribution in [1.29, 1.82) is 0 Å². The summed E-state index contributed by atoms with van der Waals surface area (Å²) in [7, 11) is 1.11. The van der Waals surface area contributed by atoms with E-state index in [1.165, 1.54) is 11.3 Å². The third-order valence-electron chi connectivity index (χ3n) is 1.87. The summed E-state index contributed by atoms with van der Waals surface area (Å²) in [6.07, 6.45) is -0.445. The van der Waals surface area contributed by atoms with Crippen LogP contribution in [0.1, 0.15) is 21.0 Å². The molecule has 0 aliphatic carbocycles. The van der Waals surface area contributed by atoms with Crippen molar-refractivity contribution >= 4 is 44.8 Å². The Morgan fingerprint density at radius 2 is 2.06 bits per heavy atom. The van der Waals surface area contributed by atoms with Gasteiger partial charge in [0.25, 0.3) is 0 Å². The van der Waals surface area contributed by atoms with Crippen molar-refractivity contribution in [3.8, 4) is 0 Å². The zero-order chi connectivity index (χ0) is 12.3. The molecule has 1 aromatic rings. The minimum atomic E-state index is -0.985. The highest BCUT2D eigenvalue weighted by Crippen LogP contribution is 2.27. The molecule has 0 atom stereocenters. The topological polar surface area (TPSA) is 60.4 Å². The second-order valence-corrected chi connectivity index (χ2v) is 5.14. The molecule has 0 bridgehead atoms. The Hall–Kier alpha value is -1.01. The third kappa shape index (κ3) is 2.99. The number of rotatable bonds is 4. The molecule has 86 valence electrons. The summed E-state index contributed by atoms with van der Waals surface area (Å²) >= 11 is 4.56. The Labute approximate surface area is 105 Å². The number of carbonyl (C=O) groups excluding carboxylic acids is 3. The second kappa shape index (κ2) is 5.36. The normalized spacial score (nSPS) is 9.94. The molecule has 0 N–H and O–H groups in total. The molecule has 0 fully saturated rings. The number of thiophene rings is 1. The number of Topliss-reactive ketones (excluding diaryl/α,β-unsaturated/α-hetero) is 2. The maximum atomic E-state index is 11.6. The molecule has 0 amide bonds. The molecule has 0 unspecified atom stereocenters. The van der Waals surface area contributed by atoms with Crippen LogP contribution in [0.5, 0.6) is 0 Å². The van der Waals surface area contributed by atoms with E-state index in [-0.39, 0.29) is 5.78 Å². The second-order valence-electron chi connectivity index (χ2n) is 3.03. The van der Waals surface area contributed by atoms with Crippen molar-refractivity contribution in [3.63, 3.8) is 0 Å². The van der Waals surface area contributed by atoms with E-state index in [0.29, 0.717) is 4.88 Å². The summed E-state index contributed by atoms with van der Waals surface area (Å²) in [6.45, 7) is 1.85. The van der Waals surface area contributed by atoms with Crippen LogP contribution in [0.3, 0.4) is 0 Å². The van der Waals surface area contributed by atoms with E-state index >= 15 is 0 Å². The van der Waals surface area contributed by atoms with Crippen LogP contribution >= 0.6 is 27.3 Å². The number of ketones is 2. The lowest BCUT2D eigenvalue weighted by Gasteiger charge is -1.96. The van der Waals surface area contributed by atoms with Crippen LogP contribution in [-0.4, -0.2) is 24.6 Å². The molecule has 0 saturated carbocycles. The highest BCUT2D eigenvalue weighted by Gasteiger charge is 2.20. The van der Waals surface area contributed by atoms with Crippen LogP contribution in [0.15, 0.2) is 10.5 Å². The summed E-state index contributed by atoms with van der Waals surface area (Å²) in [4.78, 5) is 35.0. The molecule has 0 aromatic carbocycles. The summed E-state index contributed by atoms with van der Waals surface area (Å²) in [5.74, 6) is -2.18. The Morgan fingerprint density at radius 3 is 2.50 bits per heavy atom. The molecular weight excluding hydrogens is 296 g/mol. The summed E-state index contributed by atoms with van der Waals surface area (Å²) in [5.41, 5.74) is 0. The lowest BCUT2D eigenvalue weighted by molar-refractivity contribution is -0.151. The maximum absolute atomic E-state index is 11.6. The first-order chi connectivity index (χ1) is 7.45. The van der Waals surface area contributed by atoms with Crippen LogP contribution in [0, 0.1) is 6.92 Å². The number of hydrogen-bond donors (Lipinski definition) is 0. The highest BCUT2D eigenvalue weighted by molar-refractivity contribution is 9.10. The van der Waals surface area contributed by atoms with Crippen molar-refractivity contribution in [2.24, 2.45) is 0 Å². The average Bonchev–Trinajstić information content (AvgIpc) is 2.58. The first-order valence-electron chi connectivity index (χ1n) is 4.36. The molecule has 0 spiro atoms. The summed E-state index contributed by atoms with van der Waals surface area (Å²) in [5, 5.41) is 0. The number of hydrogen-bond acceptors (Lipinski definition) is 5. The molecule has 6 heteroatoms. The molecule has 0 saturated heterocycles. The van der Waals surface area contributed by atoms with Gasteiger partial charge in [-0.15, -0.1) is 11.3 Å². The monoisotopic (exact) mass is 304 g/mol. The number of methoxy groups -OCH3 is 1. The van der Waals surface area contributed by atoms with Gasteiger partial charge in [0.05, 0.1) is 18.4 Å². The van der Waals surface area contributed by atoms with E-state index in [0.717, 1.165) is 16.5 Å². The molecule has 4 nitrogen and oxygen atoms in total. The molecule has 1 heterocycles. The van der Waals surface area contributed by atoms with Crippen molar-refractivity contribution < 1.29 is 19.1 Å². The molecule has 1 aromatic heterocycles.